The highest BCUT2D eigenvalue weighted by Crippen LogP contribution is 2.56. The van der Waals surface area contributed by atoms with Crippen molar-refractivity contribution < 1.29 is 0 Å². The topological polar surface area (TPSA) is 4.93 Å². The van der Waals surface area contributed by atoms with E-state index in [1.54, 1.807) is 0 Å². The van der Waals surface area contributed by atoms with Crippen LogP contribution in [0, 0.1) is 0 Å². The van der Waals surface area contributed by atoms with E-state index >= 15 is 0 Å². The van der Waals surface area contributed by atoms with E-state index in [9.17, 15) is 0 Å². The standard InChI is InChI=1S/C41H31N/c1-40(2)33-18-10-7-15-28(33)32-25-27(21-23-34(32)40)42-37-20-12-9-16-29(37)30-22-24-36-38(39(30)42)31-17-8-11-19-35(31)41(36,3)26-13-5-4-6-14-26/h4-25H,1-3H3. The summed E-state index contributed by atoms with van der Waals surface area (Å²) in [4.78, 5) is 0. The normalized spacial score (nSPS) is 17.7. The van der Waals surface area contributed by atoms with Crippen LogP contribution in [-0.2, 0) is 10.8 Å². The van der Waals surface area contributed by atoms with E-state index in [0.29, 0.717) is 0 Å². The minimum absolute atomic E-state index is 0.0109. The van der Waals surface area contributed by atoms with Gasteiger partial charge in [0.05, 0.1) is 11.0 Å². The fourth-order valence-corrected chi connectivity index (χ4v) is 8.23. The Hall–Kier alpha value is -4.88. The van der Waals surface area contributed by atoms with Crippen LogP contribution in [0.25, 0.3) is 49.7 Å². The van der Waals surface area contributed by atoms with Crippen LogP contribution in [0.1, 0.15) is 48.6 Å². The predicted molar refractivity (Wildman–Crippen MR) is 176 cm³/mol. The van der Waals surface area contributed by atoms with Gasteiger partial charge in [-0.1, -0.05) is 129 Å². The molecule has 0 N–H and O–H groups in total. The van der Waals surface area contributed by atoms with Gasteiger partial charge in [0, 0.05) is 32.9 Å². The van der Waals surface area contributed by atoms with Gasteiger partial charge in [0.25, 0.3) is 0 Å². The molecule has 1 nitrogen and oxygen atoms in total. The van der Waals surface area contributed by atoms with Gasteiger partial charge >= 0.3 is 0 Å². The Morgan fingerprint density at radius 3 is 1.95 bits per heavy atom. The van der Waals surface area contributed by atoms with Crippen molar-refractivity contribution in [3.05, 3.63) is 161 Å². The Bertz CT molecular complexity index is 2230. The summed E-state index contributed by atoms with van der Waals surface area (Å²) in [5, 5.41) is 2.60. The molecule has 0 saturated heterocycles. The smallest absolute Gasteiger partial charge is 0.0622 e. The van der Waals surface area contributed by atoms with E-state index < -0.39 is 0 Å². The third-order valence-corrected chi connectivity index (χ3v) is 10.3. The monoisotopic (exact) mass is 537 g/mol. The van der Waals surface area contributed by atoms with Crippen LogP contribution in [0.5, 0.6) is 0 Å². The summed E-state index contributed by atoms with van der Waals surface area (Å²) < 4.78 is 2.53. The van der Waals surface area contributed by atoms with Crippen molar-refractivity contribution in [2.75, 3.05) is 0 Å². The molecule has 1 unspecified atom stereocenters. The summed E-state index contributed by atoms with van der Waals surface area (Å²) in [6.45, 7) is 7.11. The molecule has 0 aliphatic heterocycles. The molecular formula is C41H31N. The number of hydrogen-bond acceptors (Lipinski definition) is 0. The Kier molecular flexibility index (Phi) is 4.59. The number of benzene rings is 6. The number of nitrogens with zero attached hydrogens (tertiary/aromatic N) is 1. The van der Waals surface area contributed by atoms with E-state index in [2.05, 4.69) is 159 Å². The molecule has 1 heteroatoms. The summed E-state index contributed by atoms with van der Waals surface area (Å²) in [6.07, 6.45) is 0. The second kappa shape index (κ2) is 8.11. The molecule has 1 heterocycles. The summed E-state index contributed by atoms with van der Waals surface area (Å²) in [6, 6.07) is 49.8. The lowest BCUT2D eigenvalue weighted by Crippen LogP contribution is -2.22. The van der Waals surface area contributed by atoms with Crippen molar-refractivity contribution in [1.29, 1.82) is 0 Å². The zero-order valence-electron chi connectivity index (χ0n) is 24.1. The molecule has 0 spiro atoms. The maximum Gasteiger partial charge on any atom is 0.0622 e. The fraction of sp³-hybridized carbons (Fsp3) is 0.122. The van der Waals surface area contributed by atoms with E-state index in [0.717, 1.165) is 0 Å². The van der Waals surface area contributed by atoms with Gasteiger partial charge in [-0.15, -0.1) is 0 Å². The average molecular weight is 538 g/mol. The van der Waals surface area contributed by atoms with E-state index in [1.165, 1.54) is 77.6 Å². The highest BCUT2D eigenvalue weighted by atomic mass is 15.0. The van der Waals surface area contributed by atoms with Crippen molar-refractivity contribution in [3.63, 3.8) is 0 Å². The molecule has 0 bridgehead atoms. The van der Waals surface area contributed by atoms with E-state index in [4.69, 9.17) is 0 Å². The molecular weight excluding hydrogens is 506 g/mol. The van der Waals surface area contributed by atoms with Gasteiger partial charge in [0.2, 0.25) is 0 Å². The highest BCUT2D eigenvalue weighted by Gasteiger charge is 2.42. The third-order valence-electron chi connectivity index (χ3n) is 10.3. The molecule has 200 valence electrons. The van der Waals surface area contributed by atoms with E-state index in [1.807, 2.05) is 0 Å². The summed E-state index contributed by atoms with van der Waals surface area (Å²) in [5.41, 5.74) is 15.8. The van der Waals surface area contributed by atoms with Gasteiger partial charge in [-0.3, -0.25) is 0 Å². The van der Waals surface area contributed by atoms with Gasteiger partial charge in [0.15, 0.2) is 0 Å². The minimum Gasteiger partial charge on any atom is -0.309 e. The zero-order valence-corrected chi connectivity index (χ0v) is 24.1. The maximum absolute atomic E-state index is 2.53. The lowest BCUT2D eigenvalue weighted by atomic mass is 9.74. The number of rotatable bonds is 2. The van der Waals surface area contributed by atoms with Crippen molar-refractivity contribution in [1.82, 2.24) is 4.57 Å². The molecule has 42 heavy (non-hydrogen) atoms. The zero-order chi connectivity index (χ0) is 28.2. The summed E-state index contributed by atoms with van der Waals surface area (Å²) >= 11 is 0. The molecule has 2 aliphatic rings. The third kappa shape index (κ3) is 2.83. The molecule has 1 aromatic heterocycles. The molecule has 2 aliphatic carbocycles. The first-order chi connectivity index (χ1) is 20.5. The Morgan fingerprint density at radius 1 is 0.476 bits per heavy atom. The number of hydrogen-bond donors (Lipinski definition) is 0. The van der Waals surface area contributed by atoms with Crippen molar-refractivity contribution in [2.24, 2.45) is 0 Å². The fourth-order valence-electron chi connectivity index (χ4n) is 8.23. The first-order valence-electron chi connectivity index (χ1n) is 15.0. The molecule has 0 saturated carbocycles. The second-order valence-corrected chi connectivity index (χ2v) is 12.7. The van der Waals surface area contributed by atoms with Gasteiger partial charge in [-0.2, -0.15) is 0 Å². The van der Waals surface area contributed by atoms with Crippen molar-refractivity contribution in [3.8, 4) is 27.9 Å². The van der Waals surface area contributed by atoms with Crippen LogP contribution in [0.3, 0.4) is 0 Å². The van der Waals surface area contributed by atoms with Crippen molar-refractivity contribution >= 4 is 21.8 Å². The molecule has 0 radical (unpaired) electrons. The molecule has 6 aromatic carbocycles. The molecule has 0 fully saturated rings. The molecule has 9 rings (SSSR count). The Labute approximate surface area is 246 Å². The first kappa shape index (κ1) is 23.8. The van der Waals surface area contributed by atoms with Gasteiger partial charge in [-0.25, -0.2) is 0 Å². The van der Waals surface area contributed by atoms with E-state index in [-0.39, 0.29) is 10.8 Å². The number of para-hydroxylation sites is 1. The Morgan fingerprint density at radius 2 is 1.12 bits per heavy atom. The van der Waals surface area contributed by atoms with Crippen LogP contribution >= 0.6 is 0 Å². The highest BCUT2D eigenvalue weighted by molar-refractivity contribution is 6.16. The lowest BCUT2D eigenvalue weighted by Gasteiger charge is -2.28. The minimum atomic E-state index is -0.233. The van der Waals surface area contributed by atoms with Crippen LogP contribution in [0.15, 0.2) is 133 Å². The first-order valence-corrected chi connectivity index (χ1v) is 15.0. The molecule has 1 atom stereocenters. The molecule has 7 aromatic rings. The Balaban J connectivity index is 1.41. The average Bonchev–Trinajstić information content (AvgIpc) is 3.60. The van der Waals surface area contributed by atoms with Crippen LogP contribution in [0.4, 0.5) is 0 Å². The van der Waals surface area contributed by atoms with Gasteiger partial charge in [0.1, 0.15) is 0 Å². The number of aromatic nitrogens is 1. The van der Waals surface area contributed by atoms with Crippen LogP contribution in [-0.4, -0.2) is 4.57 Å². The SMILES string of the molecule is CC1(C)c2ccccc2-c2cc(-n3c4ccccc4c4ccc5c(c43)-c3ccccc3C5(C)c3ccccc3)ccc21. The quantitative estimate of drug-likeness (QED) is 0.207. The predicted octanol–water partition coefficient (Wildman–Crippen LogP) is 10.4. The van der Waals surface area contributed by atoms with Crippen molar-refractivity contribution in [2.45, 2.75) is 31.6 Å². The summed E-state index contributed by atoms with van der Waals surface area (Å²) in [7, 11) is 0. The largest absolute Gasteiger partial charge is 0.309 e. The number of fused-ring (bicyclic) bond motifs is 10. The lowest BCUT2D eigenvalue weighted by molar-refractivity contribution is 0.660. The van der Waals surface area contributed by atoms with Crippen LogP contribution in [0.2, 0.25) is 0 Å². The molecule has 0 amide bonds. The van der Waals surface area contributed by atoms with Crippen LogP contribution < -0.4 is 0 Å². The van der Waals surface area contributed by atoms with Gasteiger partial charge < -0.3 is 4.57 Å². The summed E-state index contributed by atoms with van der Waals surface area (Å²) in [5.74, 6) is 0. The second-order valence-electron chi connectivity index (χ2n) is 12.7. The maximum atomic E-state index is 2.53. The van der Waals surface area contributed by atoms with Gasteiger partial charge in [-0.05, 0) is 69.6 Å².